The van der Waals surface area contributed by atoms with Crippen LogP contribution < -0.4 is 4.74 Å². The maximum Gasteiger partial charge on any atom is 0.227 e. The van der Waals surface area contributed by atoms with Gasteiger partial charge in [0.25, 0.3) is 0 Å². The molecule has 128 valence electrons. The summed E-state index contributed by atoms with van der Waals surface area (Å²) in [6.45, 7) is 3.63. The molecular formula is C18H20FNO3S. The highest BCUT2D eigenvalue weighted by molar-refractivity contribution is 7.10. The maximum absolute atomic E-state index is 13.7. The molecule has 1 aromatic carbocycles. The van der Waals surface area contributed by atoms with Crippen molar-refractivity contribution in [1.29, 1.82) is 0 Å². The molecule has 4 nitrogen and oxygen atoms in total. The van der Waals surface area contributed by atoms with Crippen molar-refractivity contribution >= 4 is 17.2 Å². The van der Waals surface area contributed by atoms with Crippen LogP contribution in [0.3, 0.4) is 0 Å². The second-order valence-corrected chi connectivity index (χ2v) is 6.87. The molecule has 1 aromatic heterocycles. The van der Waals surface area contributed by atoms with Gasteiger partial charge in [-0.2, -0.15) is 0 Å². The molecule has 1 saturated heterocycles. The van der Waals surface area contributed by atoms with E-state index in [9.17, 15) is 9.18 Å². The summed E-state index contributed by atoms with van der Waals surface area (Å²) in [6, 6.07) is 8.66. The zero-order valence-electron chi connectivity index (χ0n) is 13.5. The number of carbonyl (C=O) groups is 1. The van der Waals surface area contributed by atoms with E-state index < -0.39 is 0 Å². The number of halogens is 1. The minimum atomic E-state index is -0.387. The summed E-state index contributed by atoms with van der Waals surface area (Å²) in [4.78, 5) is 15.2. The molecule has 1 amide bonds. The summed E-state index contributed by atoms with van der Waals surface area (Å²) in [5.41, 5.74) is 0.934. The van der Waals surface area contributed by atoms with E-state index in [1.54, 1.807) is 28.4 Å². The highest BCUT2D eigenvalue weighted by Crippen LogP contribution is 2.19. The molecule has 0 N–H and O–H groups in total. The summed E-state index contributed by atoms with van der Waals surface area (Å²) < 4.78 is 24.9. The molecule has 6 heteroatoms. The van der Waals surface area contributed by atoms with Gasteiger partial charge < -0.3 is 14.4 Å². The molecule has 0 radical (unpaired) electrons. The minimum Gasteiger partial charge on any atom is -0.488 e. The molecule has 2 heterocycles. The van der Waals surface area contributed by atoms with Crippen molar-refractivity contribution < 1.29 is 18.7 Å². The maximum atomic E-state index is 13.7. The van der Waals surface area contributed by atoms with Gasteiger partial charge in [0.1, 0.15) is 12.7 Å². The second kappa shape index (κ2) is 7.77. The van der Waals surface area contributed by atoms with E-state index in [0.29, 0.717) is 26.1 Å². The number of hydrogen-bond donors (Lipinski definition) is 0. The summed E-state index contributed by atoms with van der Waals surface area (Å²) >= 11 is 1.58. The van der Waals surface area contributed by atoms with Crippen LogP contribution in [0.25, 0.3) is 0 Å². The first kappa shape index (κ1) is 16.9. The molecule has 0 aliphatic carbocycles. The van der Waals surface area contributed by atoms with Gasteiger partial charge in [-0.3, -0.25) is 4.79 Å². The molecule has 0 unspecified atom stereocenters. The van der Waals surface area contributed by atoms with Gasteiger partial charge in [-0.1, -0.05) is 12.1 Å². The molecule has 1 aliphatic heterocycles. The fraction of sp³-hybridized carbons (Fsp3) is 0.389. The fourth-order valence-electron chi connectivity index (χ4n) is 2.62. The summed E-state index contributed by atoms with van der Waals surface area (Å²) in [6.07, 6.45) is 0.170. The van der Waals surface area contributed by atoms with Crippen LogP contribution in [0.5, 0.6) is 5.75 Å². The number of thiophene rings is 1. The van der Waals surface area contributed by atoms with Crippen molar-refractivity contribution in [2.75, 3.05) is 26.3 Å². The van der Waals surface area contributed by atoms with Crippen LogP contribution >= 0.6 is 11.3 Å². The van der Waals surface area contributed by atoms with Crippen LogP contribution in [0.15, 0.2) is 35.7 Å². The van der Waals surface area contributed by atoms with E-state index in [1.165, 1.54) is 6.07 Å². The number of ether oxygens (including phenoxy) is 2. The molecule has 24 heavy (non-hydrogen) atoms. The predicted molar refractivity (Wildman–Crippen MR) is 91.0 cm³/mol. The smallest absolute Gasteiger partial charge is 0.227 e. The van der Waals surface area contributed by atoms with Gasteiger partial charge >= 0.3 is 0 Å². The molecule has 0 saturated carbocycles. The van der Waals surface area contributed by atoms with E-state index in [4.69, 9.17) is 9.47 Å². The first-order valence-corrected chi connectivity index (χ1v) is 8.80. The Morgan fingerprint density at radius 1 is 1.46 bits per heavy atom. The number of hydrogen-bond acceptors (Lipinski definition) is 4. The molecule has 1 atom stereocenters. The highest BCUT2D eigenvalue weighted by Gasteiger charge is 2.25. The van der Waals surface area contributed by atoms with Gasteiger partial charge in [0.05, 0.1) is 19.6 Å². The van der Waals surface area contributed by atoms with Crippen LogP contribution in [0.1, 0.15) is 10.4 Å². The molecule has 0 spiro atoms. The van der Waals surface area contributed by atoms with Crippen LogP contribution in [-0.4, -0.2) is 43.2 Å². The predicted octanol–water partition coefficient (Wildman–Crippen LogP) is 3.04. The van der Waals surface area contributed by atoms with E-state index in [1.807, 2.05) is 24.4 Å². The van der Waals surface area contributed by atoms with Crippen molar-refractivity contribution in [3.05, 3.63) is 52.0 Å². The lowest BCUT2D eigenvalue weighted by Gasteiger charge is -2.32. The second-order valence-electron chi connectivity index (χ2n) is 5.83. The van der Waals surface area contributed by atoms with E-state index in [0.717, 1.165) is 10.4 Å². The van der Waals surface area contributed by atoms with E-state index in [2.05, 4.69) is 0 Å². The number of nitrogens with zero attached hydrogens (tertiary/aromatic N) is 1. The van der Waals surface area contributed by atoms with Gasteiger partial charge in [0, 0.05) is 11.4 Å². The van der Waals surface area contributed by atoms with Gasteiger partial charge in [-0.25, -0.2) is 4.39 Å². The Balaban J connectivity index is 1.53. The Bertz CT molecular complexity index is 690. The number of morpholine rings is 1. The Hall–Kier alpha value is -1.92. The van der Waals surface area contributed by atoms with Crippen LogP contribution in [-0.2, 0) is 16.0 Å². The summed E-state index contributed by atoms with van der Waals surface area (Å²) in [5, 5.41) is 1.97. The highest BCUT2D eigenvalue weighted by atomic mass is 32.1. The third-order valence-electron chi connectivity index (χ3n) is 3.91. The van der Waals surface area contributed by atoms with Crippen molar-refractivity contribution in [3.8, 4) is 5.75 Å². The lowest BCUT2D eigenvalue weighted by Crippen LogP contribution is -2.48. The Kier molecular flexibility index (Phi) is 5.48. The Morgan fingerprint density at radius 2 is 2.33 bits per heavy atom. The van der Waals surface area contributed by atoms with Gasteiger partial charge in [0.15, 0.2) is 11.6 Å². The monoisotopic (exact) mass is 349 g/mol. The molecular weight excluding hydrogens is 329 g/mol. The third kappa shape index (κ3) is 4.33. The van der Waals surface area contributed by atoms with Crippen molar-refractivity contribution in [1.82, 2.24) is 4.90 Å². The van der Waals surface area contributed by atoms with E-state index >= 15 is 0 Å². The summed E-state index contributed by atoms with van der Waals surface area (Å²) in [5.74, 6) is -0.0739. The quantitative estimate of drug-likeness (QED) is 0.833. The first-order chi connectivity index (χ1) is 11.6. The Morgan fingerprint density at radius 3 is 3.12 bits per heavy atom. The molecule has 1 aliphatic rings. The number of rotatable bonds is 5. The molecule has 1 fully saturated rings. The average Bonchev–Trinajstić information content (AvgIpc) is 3.09. The SMILES string of the molecule is Cc1ccc(F)c(OC[C@@H]2CN(C(=O)Cc3cccs3)CCO2)c1. The minimum absolute atomic E-state index is 0.0903. The van der Waals surface area contributed by atoms with Crippen molar-refractivity contribution in [2.24, 2.45) is 0 Å². The standard InChI is InChI=1S/C18H20FNO3S/c1-13-4-5-16(19)17(9-13)23-12-14-11-20(6-7-22-14)18(21)10-15-3-2-8-24-15/h2-5,8-9,14H,6-7,10-12H2,1H3/t14-/m0/s1. The van der Waals surface area contributed by atoms with Crippen molar-refractivity contribution in [3.63, 3.8) is 0 Å². The van der Waals surface area contributed by atoms with Gasteiger partial charge in [0.2, 0.25) is 5.91 Å². The Labute approximate surface area is 144 Å². The summed E-state index contributed by atoms with van der Waals surface area (Å²) in [7, 11) is 0. The number of amides is 1. The third-order valence-corrected chi connectivity index (χ3v) is 4.78. The molecule has 0 bridgehead atoms. The van der Waals surface area contributed by atoms with E-state index in [-0.39, 0.29) is 30.2 Å². The van der Waals surface area contributed by atoms with Crippen LogP contribution in [0.4, 0.5) is 4.39 Å². The number of carbonyl (C=O) groups excluding carboxylic acids is 1. The zero-order valence-corrected chi connectivity index (χ0v) is 14.4. The molecule has 2 aromatic rings. The number of aryl methyl sites for hydroxylation is 1. The fourth-order valence-corrected chi connectivity index (χ4v) is 3.32. The van der Waals surface area contributed by atoms with Crippen LogP contribution in [0, 0.1) is 12.7 Å². The largest absolute Gasteiger partial charge is 0.488 e. The average molecular weight is 349 g/mol. The van der Waals surface area contributed by atoms with Gasteiger partial charge in [-0.05, 0) is 36.1 Å². The topological polar surface area (TPSA) is 38.8 Å². The first-order valence-electron chi connectivity index (χ1n) is 7.92. The normalized spacial score (nSPS) is 17.8. The lowest BCUT2D eigenvalue weighted by atomic mass is 10.2. The zero-order chi connectivity index (χ0) is 16.9. The van der Waals surface area contributed by atoms with Gasteiger partial charge in [-0.15, -0.1) is 11.3 Å². The van der Waals surface area contributed by atoms with Crippen molar-refractivity contribution in [2.45, 2.75) is 19.4 Å². The van der Waals surface area contributed by atoms with Crippen LogP contribution in [0.2, 0.25) is 0 Å². The lowest BCUT2D eigenvalue weighted by molar-refractivity contribution is -0.139. The molecule has 3 rings (SSSR count). The number of benzene rings is 1.